The second-order valence-electron chi connectivity index (χ2n) is 5.94. The summed E-state index contributed by atoms with van der Waals surface area (Å²) in [6.45, 7) is 8.08. The van der Waals surface area contributed by atoms with E-state index in [2.05, 4.69) is 23.6 Å². The number of ether oxygens (including phenoxy) is 1. The first-order chi connectivity index (χ1) is 10.1. The van der Waals surface area contributed by atoms with Crippen molar-refractivity contribution in [3.05, 3.63) is 42.1 Å². The van der Waals surface area contributed by atoms with Gasteiger partial charge in [0.2, 0.25) is 0 Å². The molecule has 1 spiro atoms. The van der Waals surface area contributed by atoms with E-state index in [1.54, 1.807) is 7.11 Å². The van der Waals surface area contributed by atoms with Crippen molar-refractivity contribution in [2.75, 3.05) is 20.2 Å². The fraction of sp³-hybridized carbons (Fsp3) is 0.471. The molecule has 2 aliphatic rings. The highest BCUT2D eigenvalue weighted by Crippen LogP contribution is 2.36. The number of piperidine rings is 1. The van der Waals surface area contributed by atoms with Crippen LogP contribution in [0.1, 0.15) is 31.7 Å². The maximum absolute atomic E-state index is 5.83. The summed E-state index contributed by atoms with van der Waals surface area (Å²) in [6.07, 6.45) is 2.90. The molecule has 1 aromatic rings. The lowest BCUT2D eigenvalue weighted by molar-refractivity contribution is -0.0565. The second kappa shape index (κ2) is 5.43. The van der Waals surface area contributed by atoms with Crippen LogP contribution in [0.2, 0.25) is 0 Å². The molecule has 0 unspecified atom stereocenters. The minimum atomic E-state index is -0.110. The lowest BCUT2D eigenvalue weighted by Gasteiger charge is -2.38. The highest BCUT2D eigenvalue weighted by molar-refractivity contribution is 6.01. The van der Waals surface area contributed by atoms with E-state index >= 15 is 0 Å². The number of rotatable bonds is 3. The van der Waals surface area contributed by atoms with Gasteiger partial charge in [-0.25, -0.2) is 0 Å². The monoisotopic (exact) mass is 286 g/mol. The van der Waals surface area contributed by atoms with Gasteiger partial charge in [0.05, 0.1) is 12.8 Å². The van der Waals surface area contributed by atoms with Gasteiger partial charge >= 0.3 is 0 Å². The number of hydrogen-bond acceptors (Lipinski definition) is 4. The Hall–Kier alpha value is -1.97. The fourth-order valence-corrected chi connectivity index (χ4v) is 3.02. The number of methoxy groups -OCH3 is 1. The summed E-state index contributed by atoms with van der Waals surface area (Å²) in [6, 6.07) is 8.02. The van der Waals surface area contributed by atoms with Crippen LogP contribution in [-0.4, -0.2) is 36.4 Å². The summed E-state index contributed by atoms with van der Waals surface area (Å²) in [5.74, 6) is 0.864. The number of hydrogen-bond donors (Lipinski definition) is 0. The smallest absolute Gasteiger partial charge is 0.146 e. The van der Waals surface area contributed by atoms with Gasteiger partial charge in [-0.1, -0.05) is 11.7 Å². The van der Waals surface area contributed by atoms with E-state index < -0.39 is 0 Å². The predicted octanol–water partition coefficient (Wildman–Crippen LogP) is 3.19. The normalized spacial score (nSPS) is 20.1. The quantitative estimate of drug-likeness (QED) is 0.855. The molecular formula is C17H22N2O2. The molecule has 112 valence electrons. The van der Waals surface area contributed by atoms with Crippen molar-refractivity contribution in [1.82, 2.24) is 4.90 Å². The standard InChI is InChI=1S/C17H22N2O2/c1-13(2)19-10-8-17(9-11-19)12-16(18-21-17)14-4-6-15(20-3)7-5-14/h4-7H,1,8-12H2,2-3H3. The van der Waals surface area contributed by atoms with Crippen LogP contribution in [0.3, 0.4) is 0 Å². The Balaban J connectivity index is 1.66. The maximum atomic E-state index is 5.83. The van der Waals surface area contributed by atoms with E-state index in [1.165, 1.54) is 0 Å². The first kappa shape index (κ1) is 14.0. The summed E-state index contributed by atoms with van der Waals surface area (Å²) >= 11 is 0. The zero-order valence-electron chi connectivity index (χ0n) is 12.8. The van der Waals surface area contributed by atoms with Crippen molar-refractivity contribution < 1.29 is 9.57 Å². The van der Waals surface area contributed by atoms with Crippen molar-refractivity contribution >= 4 is 5.71 Å². The van der Waals surface area contributed by atoms with E-state index in [-0.39, 0.29) is 5.60 Å². The van der Waals surface area contributed by atoms with E-state index in [9.17, 15) is 0 Å². The van der Waals surface area contributed by atoms with Gasteiger partial charge in [0, 0.05) is 38.0 Å². The summed E-state index contributed by atoms with van der Waals surface area (Å²) in [4.78, 5) is 8.15. The van der Waals surface area contributed by atoms with Crippen molar-refractivity contribution in [3.63, 3.8) is 0 Å². The molecular weight excluding hydrogens is 264 g/mol. The van der Waals surface area contributed by atoms with Crippen molar-refractivity contribution in [3.8, 4) is 5.75 Å². The Bertz CT molecular complexity index is 555. The number of allylic oxidation sites excluding steroid dienone is 1. The van der Waals surface area contributed by atoms with Crippen LogP contribution >= 0.6 is 0 Å². The molecule has 2 heterocycles. The van der Waals surface area contributed by atoms with Gasteiger partial charge in [0.15, 0.2) is 0 Å². The molecule has 2 aliphatic heterocycles. The zero-order chi connectivity index (χ0) is 14.9. The SMILES string of the molecule is C=C(C)N1CCC2(CC1)CC(c1ccc(OC)cc1)=NO2. The summed E-state index contributed by atoms with van der Waals surface area (Å²) in [5.41, 5.74) is 3.19. The highest BCUT2D eigenvalue weighted by Gasteiger charge is 2.42. The molecule has 1 fully saturated rings. The Kier molecular flexibility index (Phi) is 3.62. The Labute approximate surface area is 126 Å². The van der Waals surface area contributed by atoms with Crippen LogP contribution < -0.4 is 4.74 Å². The van der Waals surface area contributed by atoms with Gasteiger partial charge in [-0.2, -0.15) is 0 Å². The molecule has 3 rings (SSSR count). The highest BCUT2D eigenvalue weighted by atomic mass is 16.7. The van der Waals surface area contributed by atoms with Gasteiger partial charge < -0.3 is 14.5 Å². The summed E-state index contributed by atoms with van der Waals surface area (Å²) in [7, 11) is 1.68. The van der Waals surface area contributed by atoms with Crippen molar-refractivity contribution in [2.24, 2.45) is 5.16 Å². The molecule has 21 heavy (non-hydrogen) atoms. The first-order valence-electron chi connectivity index (χ1n) is 7.42. The van der Waals surface area contributed by atoms with E-state index in [1.807, 2.05) is 24.3 Å². The molecule has 1 aromatic carbocycles. The average molecular weight is 286 g/mol. The third kappa shape index (κ3) is 2.75. The van der Waals surface area contributed by atoms with Crippen LogP contribution in [0.5, 0.6) is 5.75 Å². The molecule has 4 heteroatoms. The molecule has 0 aromatic heterocycles. The Morgan fingerprint density at radius 1 is 1.29 bits per heavy atom. The van der Waals surface area contributed by atoms with Crippen molar-refractivity contribution in [1.29, 1.82) is 0 Å². The van der Waals surface area contributed by atoms with Crippen LogP contribution in [0, 0.1) is 0 Å². The van der Waals surface area contributed by atoms with Crippen LogP contribution in [-0.2, 0) is 4.84 Å². The van der Waals surface area contributed by atoms with E-state index in [0.717, 1.165) is 55.1 Å². The van der Waals surface area contributed by atoms with Gasteiger partial charge in [-0.3, -0.25) is 0 Å². The topological polar surface area (TPSA) is 34.1 Å². The molecule has 0 aliphatic carbocycles. The van der Waals surface area contributed by atoms with Crippen LogP contribution in [0.25, 0.3) is 0 Å². The predicted molar refractivity (Wildman–Crippen MR) is 83.6 cm³/mol. The molecule has 1 saturated heterocycles. The van der Waals surface area contributed by atoms with Crippen LogP contribution in [0.4, 0.5) is 0 Å². The minimum absolute atomic E-state index is 0.110. The number of nitrogens with zero attached hydrogens (tertiary/aromatic N) is 2. The Morgan fingerprint density at radius 3 is 2.52 bits per heavy atom. The molecule has 0 radical (unpaired) electrons. The van der Waals surface area contributed by atoms with E-state index in [4.69, 9.17) is 9.57 Å². The Morgan fingerprint density at radius 2 is 1.95 bits per heavy atom. The number of benzene rings is 1. The van der Waals surface area contributed by atoms with Gasteiger partial charge in [-0.15, -0.1) is 0 Å². The lowest BCUT2D eigenvalue weighted by Crippen LogP contribution is -2.43. The van der Waals surface area contributed by atoms with Gasteiger partial charge in [-0.05, 0) is 36.8 Å². The lowest BCUT2D eigenvalue weighted by atomic mass is 9.85. The molecule has 0 amide bonds. The minimum Gasteiger partial charge on any atom is -0.497 e. The fourth-order valence-electron chi connectivity index (χ4n) is 3.02. The molecule has 0 saturated carbocycles. The second-order valence-corrected chi connectivity index (χ2v) is 5.94. The third-order valence-electron chi connectivity index (χ3n) is 4.48. The first-order valence-corrected chi connectivity index (χ1v) is 7.42. The zero-order valence-corrected chi connectivity index (χ0v) is 12.8. The summed E-state index contributed by atoms with van der Waals surface area (Å²) < 4.78 is 5.19. The van der Waals surface area contributed by atoms with Gasteiger partial charge in [0.25, 0.3) is 0 Å². The van der Waals surface area contributed by atoms with Gasteiger partial charge in [0.1, 0.15) is 11.4 Å². The third-order valence-corrected chi connectivity index (χ3v) is 4.48. The molecule has 0 N–H and O–H groups in total. The average Bonchev–Trinajstić information content (AvgIpc) is 2.92. The van der Waals surface area contributed by atoms with Crippen molar-refractivity contribution in [2.45, 2.75) is 31.8 Å². The maximum Gasteiger partial charge on any atom is 0.146 e. The number of oxime groups is 1. The molecule has 0 bridgehead atoms. The largest absolute Gasteiger partial charge is 0.497 e. The summed E-state index contributed by atoms with van der Waals surface area (Å²) in [5, 5.41) is 4.34. The molecule has 4 nitrogen and oxygen atoms in total. The molecule has 0 atom stereocenters. The van der Waals surface area contributed by atoms with Crippen LogP contribution in [0.15, 0.2) is 41.7 Å². The van der Waals surface area contributed by atoms with E-state index in [0.29, 0.717) is 0 Å². The number of likely N-dealkylation sites (tertiary alicyclic amines) is 1.